The van der Waals surface area contributed by atoms with E-state index in [1.807, 2.05) is 0 Å². The number of anilines is 2. The van der Waals surface area contributed by atoms with Crippen LogP contribution in [0.25, 0.3) is 11.0 Å². The molecule has 1 fully saturated rings. The van der Waals surface area contributed by atoms with E-state index in [4.69, 9.17) is 4.98 Å². The number of nitrogens with one attached hydrogen (secondary N) is 1. The Hall–Kier alpha value is -2.93. The highest BCUT2D eigenvalue weighted by atomic mass is 16.1. The van der Waals surface area contributed by atoms with Gasteiger partial charge in [0.25, 0.3) is 5.56 Å². The van der Waals surface area contributed by atoms with Gasteiger partial charge in [0.15, 0.2) is 0 Å². The second kappa shape index (κ2) is 9.91. The van der Waals surface area contributed by atoms with E-state index in [0.717, 1.165) is 38.1 Å². The highest BCUT2D eigenvalue weighted by molar-refractivity contribution is 5.75. The first-order valence-corrected chi connectivity index (χ1v) is 12.1. The number of hydrogen-bond donors (Lipinski definition) is 1. The Labute approximate surface area is 196 Å². The quantitative estimate of drug-likeness (QED) is 0.581. The van der Waals surface area contributed by atoms with E-state index >= 15 is 0 Å². The molecule has 33 heavy (non-hydrogen) atoms. The van der Waals surface area contributed by atoms with E-state index in [2.05, 4.69) is 79.0 Å². The molecule has 0 spiro atoms. The summed E-state index contributed by atoms with van der Waals surface area (Å²) in [4.78, 5) is 26.8. The normalized spacial score (nSPS) is 16.8. The molecule has 1 N–H and O–H groups in total. The summed E-state index contributed by atoms with van der Waals surface area (Å²) in [7, 11) is 0. The smallest absolute Gasteiger partial charge is 0.252 e. The van der Waals surface area contributed by atoms with Crippen molar-refractivity contribution in [3.63, 3.8) is 0 Å². The van der Waals surface area contributed by atoms with Crippen molar-refractivity contribution in [2.24, 2.45) is 5.92 Å². The van der Waals surface area contributed by atoms with Crippen LogP contribution in [-0.2, 0) is 0 Å². The molecule has 1 saturated heterocycles. The Morgan fingerprint density at radius 1 is 0.970 bits per heavy atom. The molecule has 3 aromatic rings. The molecule has 7 nitrogen and oxygen atoms in total. The summed E-state index contributed by atoms with van der Waals surface area (Å²) in [5, 5.41) is 4.29. The zero-order valence-corrected chi connectivity index (χ0v) is 20.5. The molecule has 7 heteroatoms. The van der Waals surface area contributed by atoms with Crippen LogP contribution in [0, 0.1) is 5.92 Å². The van der Waals surface area contributed by atoms with E-state index < -0.39 is 0 Å². The van der Waals surface area contributed by atoms with E-state index in [-0.39, 0.29) is 17.6 Å². The van der Waals surface area contributed by atoms with Crippen molar-refractivity contribution in [3.05, 3.63) is 58.5 Å². The van der Waals surface area contributed by atoms with E-state index in [1.165, 1.54) is 11.3 Å². The van der Waals surface area contributed by atoms with Gasteiger partial charge in [-0.15, -0.1) is 0 Å². The molecule has 0 aliphatic carbocycles. The molecule has 2 aromatic heterocycles. The van der Waals surface area contributed by atoms with Gasteiger partial charge >= 0.3 is 0 Å². The van der Waals surface area contributed by atoms with Gasteiger partial charge in [0.1, 0.15) is 5.65 Å². The lowest BCUT2D eigenvalue weighted by molar-refractivity contribution is 0.271. The number of fused-ring (bicyclic) bond motifs is 1. The summed E-state index contributed by atoms with van der Waals surface area (Å²) in [6.07, 6.45) is 1.79. The molecule has 1 aromatic carbocycles. The first-order valence-electron chi connectivity index (χ1n) is 12.1. The third kappa shape index (κ3) is 5.03. The van der Waals surface area contributed by atoms with Crippen molar-refractivity contribution >= 4 is 22.7 Å². The van der Waals surface area contributed by atoms with E-state index in [1.54, 1.807) is 22.9 Å². The van der Waals surface area contributed by atoms with Gasteiger partial charge in [-0.1, -0.05) is 32.9 Å². The molecule has 1 aliphatic rings. The Morgan fingerprint density at radius 2 is 1.67 bits per heavy atom. The van der Waals surface area contributed by atoms with Crippen LogP contribution in [0.4, 0.5) is 11.6 Å². The monoisotopic (exact) mass is 448 g/mol. The maximum absolute atomic E-state index is 12.6. The second-order valence-corrected chi connectivity index (χ2v) is 9.38. The number of piperazine rings is 1. The maximum Gasteiger partial charge on any atom is 0.252 e. The van der Waals surface area contributed by atoms with Gasteiger partial charge in [-0.05, 0) is 50.1 Å². The first-order chi connectivity index (χ1) is 15.9. The average molecular weight is 449 g/mol. The predicted octanol–water partition coefficient (Wildman–Crippen LogP) is 4.32. The Kier molecular flexibility index (Phi) is 6.98. The topological polar surface area (TPSA) is 66.3 Å². The minimum Gasteiger partial charge on any atom is -0.369 e. The summed E-state index contributed by atoms with van der Waals surface area (Å²) in [5.41, 5.74) is 3.10. The number of hydrogen-bond acceptors (Lipinski definition) is 6. The minimum atomic E-state index is -0.0308. The standard InChI is InChI=1S/C26H36N6O/c1-6-30-13-15-31(16-14-30)23-10-7-21(8-11-23)19(4)28-26-27-17-22-9-12-24(33)32(25(22)29-26)20(5)18(2)3/h7-12,17-20H,6,13-16H2,1-5H3,(H,27,28,29). The van der Waals surface area contributed by atoms with E-state index in [0.29, 0.717) is 17.5 Å². The van der Waals surface area contributed by atoms with Crippen LogP contribution in [0.2, 0.25) is 0 Å². The zero-order valence-electron chi connectivity index (χ0n) is 20.5. The van der Waals surface area contributed by atoms with Crippen molar-refractivity contribution in [1.29, 1.82) is 0 Å². The van der Waals surface area contributed by atoms with Gasteiger partial charge in [-0.2, -0.15) is 4.98 Å². The molecule has 2 unspecified atom stereocenters. The summed E-state index contributed by atoms with van der Waals surface area (Å²) in [6, 6.07) is 12.3. The molecular weight excluding hydrogens is 412 g/mol. The largest absolute Gasteiger partial charge is 0.369 e. The fraction of sp³-hybridized carbons (Fsp3) is 0.500. The first kappa shape index (κ1) is 23.2. The van der Waals surface area contributed by atoms with Crippen LogP contribution in [0.15, 0.2) is 47.4 Å². The lowest BCUT2D eigenvalue weighted by Gasteiger charge is -2.35. The molecule has 0 radical (unpaired) electrons. The molecule has 0 bridgehead atoms. The predicted molar refractivity (Wildman–Crippen MR) is 136 cm³/mol. The van der Waals surface area contributed by atoms with Crippen LogP contribution >= 0.6 is 0 Å². The van der Waals surface area contributed by atoms with Crippen LogP contribution in [0.1, 0.15) is 52.3 Å². The number of nitrogens with zero attached hydrogens (tertiary/aromatic N) is 5. The van der Waals surface area contributed by atoms with Gasteiger partial charge in [0.2, 0.25) is 5.95 Å². The Bertz CT molecular complexity index is 1130. The Balaban J connectivity index is 1.51. The highest BCUT2D eigenvalue weighted by Crippen LogP contribution is 2.24. The Morgan fingerprint density at radius 3 is 2.30 bits per heavy atom. The lowest BCUT2D eigenvalue weighted by atomic mass is 10.1. The molecule has 0 saturated carbocycles. The summed E-state index contributed by atoms with van der Waals surface area (Å²) in [5.74, 6) is 0.854. The molecular formula is C26H36N6O. The summed E-state index contributed by atoms with van der Waals surface area (Å²) < 4.78 is 1.78. The summed E-state index contributed by atoms with van der Waals surface area (Å²) in [6.45, 7) is 16.1. The van der Waals surface area contributed by atoms with Crippen molar-refractivity contribution in [2.75, 3.05) is 42.9 Å². The average Bonchev–Trinajstić information content (AvgIpc) is 2.83. The zero-order chi connectivity index (χ0) is 23.5. The van der Waals surface area contributed by atoms with Gasteiger partial charge in [0.05, 0.1) is 6.04 Å². The minimum absolute atomic E-state index is 0.0308. The van der Waals surface area contributed by atoms with Crippen molar-refractivity contribution in [3.8, 4) is 0 Å². The molecule has 176 valence electrons. The van der Waals surface area contributed by atoms with Gasteiger partial charge < -0.3 is 15.1 Å². The van der Waals surface area contributed by atoms with Gasteiger partial charge in [-0.3, -0.25) is 9.36 Å². The third-order valence-corrected chi connectivity index (χ3v) is 6.96. The number of aromatic nitrogens is 3. The van der Waals surface area contributed by atoms with Crippen LogP contribution in [0.3, 0.4) is 0 Å². The lowest BCUT2D eigenvalue weighted by Crippen LogP contribution is -2.46. The van der Waals surface area contributed by atoms with Crippen molar-refractivity contribution in [1.82, 2.24) is 19.4 Å². The molecule has 3 heterocycles. The van der Waals surface area contributed by atoms with Crippen LogP contribution in [0.5, 0.6) is 0 Å². The maximum atomic E-state index is 12.6. The second-order valence-electron chi connectivity index (χ2n) is 9.38. The SMILES string of the molecule is CCN1CCN(c2ccc(C(C)Nc3ncc4ccc(=O)n(C(C)C(C)C)c4n3)cc2)CC1. The number of rotatable bonds is 7. The van der Waals surface area contributed by atoms with Crippen molar-refractivity contribution < 1.29 is 0 Å². The number of likely N-dealkylation sites (N-methyl/N-ethyl adjacent to an activating group) is 1. The third-order valence-electron chi connectivity index (χ3n) is 6.96. The highest BCUT2D eigenvalue weighted by Gasteiger charge is 2.18. The van der Waals surface area contributed by atoms with Crippen molar-refractivity contribution in [2.45, 2.75) is 46.7 Å². The van der Waals surface area contributed by atoms with E-state index in [9.17, 15) is 4.79 Å². The van der Waals surface area contributed by atoms with Gasteiger partial charge in [-0.25, -0.2) is 4.98 Å². The molecule has 2 atom stereocenters. The number of pyridine rings is 1. The molecule has 0 amide bonds. The molecule has 4 rings (SSSR count). The fourth-order valence-electron chi connectivity index (χ4n) is 4.37. The molecule has 1 aliphatic heterocycles. The fourth-order valence-corrected chi connectivity index (χ4v) is 4.37. The number of benzene rings is 1. The van der Waals surface area contributed by atoms with Crippen LogP contribution in [-0.4, -0.2) is 52.2 Å². The summed E-state index contributed by atoms with van der Waals surface area (Å²) >= 11 is 0. The van der Waals surface area contributed by atoms with Gasteiger partial charge in [0, 0.05) is 55.6 Å². The van der Waals surface area contributed by atoms with Crippen LogP contribution < -0.4 is 15.8 Å².